The summed E-state index contributed by atoms with van der Waals surface area (Å²) < 4.78 is 33.4. The lowest BCUT2D eigenvalue weighted by atomic mass is 9.95. The van der Waals surface area contributed by atoms with E-state index in [1.165, 1.54) is 23.1 Å². The van der Waals surface area contributed by atoms with Crippen LogP contribution in [-0.4, -0.2) is 68.6 Å². The normalized spacial score (nSPS) is 15.3. The molecule has 202 valence electrons. The summed E-state index contributed by atoms with van der Waals surface area (Å²) >= 11 is 7.05. The number of carbonyl (C=O) groups excluding carboxylic acids is 3. The van der Waals surface area contributed by atoms with Crippen LogP contribution >= 0.6 is 22.9 Å². The van der Waals surface area contributed by atoms with Crippen molar-refractivity contribution in [3.63, 3.8) is 0 Å². The average Bonchev–Trinajstić information content (AvgIpc) is 3.24. The Labute approximate surface area is 223 Å². The van der Waals surface area contributed by atoms with Crippen molar-refractivity contribution in [2.24, 2.45) is 5.41 Å². The van der Waals surface area contributed by atoms with Gasteiger partial charge in [-0.15, -0.1) is 11.3 Å². The van der Waals surface area contributed by atoms with E-state index in [0.717, 1.165) is 11.3 Å². The lowest BCUT2D eigenvalue weighted by Crippen LogP contribution is -2.51. The molecule has 1 aliphatic rings. The lowest BCUT2D eigenvalue weighted by Gasteiger charge is -2.33. The third-order valence-corrected chi connectivity index (χ3v) is 6.85. The number of alkyl halides is 2. The summed E-state index contributed by atoms with van der Waals surface area (Å²) in [4.78, 5) is 41.5. The first kappa shape index (κ1) is 29.0. The molecule has 0 spiro atoms. The summed E-state index contributed by atoms with van der Waals surface area (Å²) in [6, 6.07) is 6.49. The molecule has 0 unspecified atom stereocenters. The van der Waals surface area contributed by atoms with Crippen molar-refractivity contribution in [3.8, 4) is 0 Å². The van der Waals surface area contributed by atoms with Gasteiger partial charge in [0.25, 0.3) is 18.2 Å². The van der Waals surface area contributed by atoms with Crippen LogP contribution in [0.1, 0.15) is 42.4 Å². The highest BCUT2D eigenvalue weighted by Gasteiger charge is 2.29. The van der Waals surface area contributed by atoms with Gasteiger partial charge in [0.2, 0.25) is 5.91 Å². The Morgan fingerprint density at radius 3 is 2.57 bits per heavy atom. The van der Waals surface area contributed by atoms with Gasteiger partial charge in [-0.05, 0) is 42.8 Å². The molecule has 8 nitrogen and oxygen atoms in total. The van der Waals surface area contributed by atoms with Crippen LogP contribution in [0.15, 0.2) is 30.3 Å². The largest absolute Gasteiger partial charge is 0.370 e. The van der Waals surface area contributed by atoms with Crippen molar-refractivity contribution in [1.82, 2.24) is 10.2 Å². The number of hydrogen-bond acceptors (Lipinski definition) is 6. The van der Waals surface area contributed by atoms with Gasteiger partial charge in [-0.2, -0.15) is 0 Å². The molecule has 2 aromatic rings. The Bertz CT molecular complexity index is 1140. The van der Waals surface area contributed by atoms with Crippen LogP contribution in [0.2, 0.25) is 4.34 Å². The first-order chi connectivity index (χ1) is 17.4. The second-order valence-electron chi connectivity index (χ2n) is 9.97. The van der Waals surface area contributed by atoms with Crippen LogP contribution in [0, 0.1) is 5.41 Å². The molecule has 2 heterocycles. The van der Waals surface area contributed by atoms with Crippen LogP contribution in [0.5, 0.6) is 0 Å². The molecule has 3 rings (SSSR count). The van der Waals surface area contributed by atoms with E-state index in [9.17, 15) is 23.2 Å². The summed E-state index contributed by atoms with van der Waals surface area (Å²) in [6.45, 7) is 6.83. The van der Waals surface area contributed by atoms with Gasteiger partial charge in [0.05, 0.1) is 21.5 Å². The Kier molecular flexibility index (Phi) is 9.63. The third-order valence-electron chi connectivity index (χ3n) is 5.62. The molecule has 0 radical (unpaired) electrons. The van der Waals surface area contributed by atoms with Gasteiger partial charge >= 0.3 is 0 Å². The van der Waals surface area contributed by atoms with Crippen LogP contribution in [0.3, 0.4) is 0 Å². The molecule has 37 heavy (non-hydrogen) atoms. The second kappa shape index (κ2) is 12.3. The van der Waals surface area contributed by atoms with Crippen molar-refractivity contribution in [1.29, 1.82) is 0 Å². The molecule has 1 aromatic carbocycles. The molecule has 1 saturated heterocycles. The van der Waals surface area contributed by atoms with Gasteiger partial charge in [0, 0.05) is 30.9 Å². The molecule has 0 aliphatic carbocycles. The van der Waals surface area contributed by atoms with E-state index in [1.807, 2.05) is 25.7 Å². The van der Waals surface area contributed by atoms with E-state index in [0.29, 0.717) is 15.8 Å². The van der Waals surface area contributed by atoms with Crippen molar-refractivity contribution in [2.75, 3.05) is 50.1 Å². The Morgan fingerprint density at radius 2 is 1.97 bits per heavy atom. The van der Waals surface area contributed by atoms with E-state index in [2.05, 4.69) is 10.6 Å². The summed E-state index contributed by atoms with van der Waals surface area (Å²) in [5.41, 5.74) is -0.260. The zero-order valence-corrected chi connectivity index (χ0v) is 22.7. The molecule has 3 amide bonds. The van der Waals surface area contributed by atoms with E-state index in [1.54, 1.807) is 19.2 Å². The molecule has 2 N–H and O–H groups in total. The van der Waals surface area contributed by atoms with E-state index < -0.39 is 24.3 Å². The molecular weight excluding hydrogens is 526 g/mol. The number of amides is 3. The standard InChI is InChI=1S/C25H31ClF2N4O4S/c1-25(2,3)14-31(4)18(12-29-24(35)19-7-8-20(26)37-19)23(34)30-15-5-6-17(16(11-15)22(27)28)32-9-10-36-13-21(32)33/h5-8,11,18,22H,9-10,12-14H2,1-4H3,(H,29,35)(H,30,34)/t18-/m0/s1. The number of nitrogens with zero attached hydrogens (tertiary/aromatic N) is 2. The number of thiophene rings is 1. The molecule has 12 heteroatoms. The smallest absolute Gasteiger partial charge is 0.265 e. The number of carbonyl (C=O) groups is 3. The van der Waals surface area contributed by atoms with E-state index >= 15 is 0 Å². The van der Waals surface area contributed by atoms with Crippen molar-refractivity contribution in [3.05, 3.63) is 45.1 Å². The third kappa shape index (κ3) is 7.94. The fourth-order valence-corrected chi connectivity index (χ4v) is 5.03. The monoisotopic (exact) mass is 556 g/mol. The average molecular weight is 557 g/mol. The zero-order valence-electron chi connectivity index (χ0n) is 21.1. The van der Waals surface area contributed by atoms with Crippen molar-refractivity contribution < 1.29 is 27.9 Å². The van der Waals surface area contributed by atoms with Gasteiger partial charge in [0.15, 0.2) is 0 Å². The number of ether oxygens (including phenoxy) is 1. The summed E-state index contributed by atoms with van der Waals surface area (Å²) in [5.74, 6) is -1.23. The molecule has 0 saturated carbocycles. The highest BCUT2D eigenvalue weighted by Crippen LogP contribution is 2.33. The van der Waals surface area contributed by atoms with Gasteiger partial charge in [-0.1, -0.05) is 32.4 Å². The van der Waals surface area contributed by atoms with Gasteiger partial charge in [-0.25, -0.2) is 8.78 Å². The number of morpholine rings is 1. The van der Waals surface area contributed by atoms with Crippen LogP contribution < -0.4 is 15.5 Å². The summed E-state index contributed by atoms with van der Waals surface area (Å²) in [5, 5.41) is 5.47. The predicted octanol–water partition coefficient (Wildman–Crippen LogP) is 4.42. The molecule has 1 aromatic heterocycles. The number of hydrogen-bond donors (Lipinski definition) is 2. The first-order valence-corrected chi connectivity index (χ1v) is 12.9. The quantitative estimate of drug-likeness (QED) is 0.477. The number of anilines is 2. The fraction of sp³-hybridized carbons (Fsp3) is 0.480. The number of rotatable bonds is 9. The predicted molar refractivity (Wildman–Crippen MR) is 141 cm³/mol. The first-order valence-electron chi connectivity index (χ1n) is 11.7. The van der Waals surface area contributed by atoms with E-state index in [-0.39, 0.29) is 54.6 Å². The van der Waals surface area contributed by atoms with E-state index in [4.69, 9.17) is 16.3 Å². The lowest BCUT2D eigenvalue weighted by molar-refractivity contribution is -0.125. The molecule has 1 aliphatic heterocycles. The maximum Gasteiger partial charge on any atom is 0.265 e. The second-order valence-corrected chi connectivity index (χ2v) is 11.7. The fourth-order valence-electron chi connectivity index (χ4n) is 4.07. The highest BCUT2D eigenvalue weighted by atomic mass is 35.5. The number of likely N-dealkylation sites (N-methyl/N-ethyl adjacent to an activating group) is 1. The van der Waals surface area contributed by atoms with Crippen molar-refractivity contribution >= 4 is 52.0 Å². The molecule has 1 fully saturated rings. The molecule has 1 atom stereocenters. The number of halogens is 3. The number of benzene rings is 1. The minimum Gasteiger partial charge on any atom is -0.370 e. The summed E-state index contributed by atoms with van der Waals surface area (Å²) in [7, 11) is 1.77. The van der Waals surface area contributed by atoms with Gasteiger partial charge < -0.3 is 20.3 Å². The Hall–Kier alpha value is -2.60. The maximum atomic E-state index is 13.9. The minimum atomic E-state index is -2.86. The van der Waals surface area contributed by atoms with Crippen LogP contribution in [0.4, 0.5) is 20.2 Å². The van der Waals surface area contributed by atoms with Crippen LogP contribution in [-0.2, 0) is 14.3 Å². The topological polar surface area (TPSA) is 91.0 Å². The number of nitrogens with one attached hydrogen (secondary N) is 2. The van der Waals surface area contributed by atoms with Crippen molar-refractivity contribution in [2.45, 2.75) is 33.2 Å². The zero-order chi connectivity index (χ0) is 27.3. The minimum absolute atomic E-state index is 0.00513. The molecule has 0 bridgehead atoms. The van der Waals surface area contributed by atoms with Gasteiger partial charge in [0.1, 0.15) is 12.6 Å². The Morgan fingerprint density at radius 1 is 1.24 bits per heavy atom. The van der Waals surface area contributed by atoms with Gasteiger partial charge in [-0.3, -0.25) is 19.3 Å². The summed E-state index contributed by atoms with van der Waals surface area (Å²) in [6.07, 6.45) is -2.86. The van der Waals surface area contributed by atoms with Crippen LogP contribution in [0.25, 0.3) is 0 Å². The SMILES string of the molecule is CN(CC(C)(C)C)[C@@H](CNC(=O)c1ccc(Cl)s1)C(=O)Nc1ccc(N2CCOCC2=O)c(C(F)F)c1. The highest BCUT2D eigenvalue weighted by molar-refractivity contribution is 7.18. The maximum absolute atomic E-state index is 13.9. The Balaban J connectivity index is 1.79. The molecular formula is C25H31ClF2N4O4S.